The first-order chi connectivity index (χ1) is 12.6. The minimum Gasteiger partial charge on any atom is -0.357 e. The second kappa shape index (κ2) is 10.8. The van der Waals surface area contributed by atoms with E-state index in [0.717, 1.165) is 29.5 Å². The van der Waals surface area contributed by atoms with Crippen LogP contribution in [0, 0.1) is 5.92 Å². The van der Waals surface area contributed by atoms with Crippen LogP contribution in [0.25, 0.3) is 0 Å². The summed E-state index contributed by atoms with van der Waals surface area (Å²) < 4.78 is 0.967. The lowest BCUT2D eigenvalue weighted by Gasteiger charge is -2.12. The standard InChI is InChI=1S/C18H26BrN5O2/c1-2-20-18(23-12-11-21-17(26)13-3-4-13)22-10-9-16(25)24-15-7-5-14(19)6-8-15/h5-8,13H,2-4,9-12H2,1H3,(H,21,26)(H,24,25)(H2,20,22,23). The Hall–Kier alpha value is -2.09. The number of nitrogens with zero attached hydrogens (tertiary/aromatic N) is 1. The van der Waals surface area contributed by atoms with Crippen LogP contribution in [0.5, 0.6) is 0 Å². The van der Waals surface area contributed by atoms with Crippen molar-refractivity contribution in [1.29, 1.82) is 0 Å². The predicted octanol–water partition coefficient (Wildman–Crippen LogP) is 1.86. The van der Waals surface area contributed by atoms with Gasteiger partial charge in [0.1, 0.15) is 0 Å². The smallest absolute Gasteiger partial charge is 0.226 e. The highest BCUT2D eigenvalue weighted by atomic mass is 79.9. The summed E-state index contributed by atoms with van der Waals surface area (Å²) in [7, 11) is 0. The van der Waals surface area contributed by atoms with Crippen LogP contribution in [0.3, 0.4) is 0 Å². The van der Waals surface area contributed by atoms with Crippen LogP contribution in [-0.4, -0.2) is 44.0 Å². The largest absolute Gasteiger partial charge is 0.357 e. The first-order valence-electron chi connectivity index (χ1n) is 8.93. The van der Waals surface area contributed by atoms with Crippen molar-refractivity contribution >= 4 is 39.4 Å². The summed E-state index contributed by atoms with van der Waals surface area (Å²) in [5.74, 6) is 0.924. The molecule has 0 aliphatic heterocycles. The van der Waals surface area contributed by atoms with Gasteiger partial charge >= 0.3 is 0 Å². The third-order valence-electron chi connectivity index (χ3n) is 3.75. The normalized spacial score (nSPS) is 13.8. The maximum absolute atomic E-state index is 12.0. The van der Waals surface area contributed by atoms with Crippen molar-refractivity contribution in [2.24, 2.45) is 10.9 Å². The summed E-state index contributed by atoms with van der Waals surface area (Å²) in [4.78, 5) is 27.9. The maximum Gasteiger partial charge on any atom is 0.226 e. The number of aliphatic imine (C=N–C) groups is 1. The van der Waals surface area contributed by atoms with Gasteiger partial charge in [-0.1, -0.05) is 15.9 Å². The molecule has 1 aromatic carbocycles. The number of hydrogen-bond acceptors (Lipinski definition) is 3. The first kappa shape index (κ1) is 20.2. The van der Waals surface area contributed by atoms with Crippen molar-refractivity contribution < 1.29 is 9.59 Å². The number of carbonyl (C=O) groups excluding carboxylic acids is 2. The lowest BCUT2D eigenvalue weighted by atomic mass is 10.3. The number of halogens is 1. The van der Waals surface area contributed by atoms with Crippen molar-refractivity contribution in [2.45, 2.75) is 26.2 Å². The molecule has 0 atom stereocenters. The zero-order chi connectivity index (χ0) is 18.8. The van der Waals surface area contributed by atoms with Crippen LogP contribution in [0.2, 0.25) is 0 Å². The van der Waals surface area contributed by atoms with Crippen molar-refractivity contribution in [1.82, 2.24) is 16.0 Å². The monoisotopic (exact) mass is 423 g/mol. The van der Waals surface area contributed by atoms with Crippen molar-refractivity contribution in [3.8, 4) is 0 Å². The second-order valence-electron chi connectivity index (χ2n) is 6.06. The van der Waals surface area contributed by atoms with Crippen LogP contribution < -0.4 is 21.3 Å². The predicted molar refractivity (Wildman–Crippen MR) is 107 cm³/mol. The first-order valence-corrected chi connectivity index (χ1v) is 9.73. The van der Waals surface area contributed by atoms with Crippen molar-refractivity contribution in [2.75, 3.05) is 31.5 Å². The topological polar surface area (TPSA) is 94.6 Å². The van der Waals surface area contributed by atoms with Crippen LogP contribution in [-0.2, 0) is 9.59 Å². The molecule has 0 saturated heterocycles. The molecule has 0 aromatic heterocycles. The lowest BCUT2D eigenvalue weighted by molar-refractivity contribution is -0.122. The van der Waals surface area contributed by atoms with Crippen molar-refractivity contribution in [3.05, 3.63) is 28.7 Å². The van der Waals surface area contributed by atoms with E-state index in [-0.39, 0.29) is 17.7 Å². The molecule has 1 fully saturated rings. The number of amides is 2. The molecule has 8 heteroatoms. The Morgan fingerprint density at radius 3 is 2.46 bits per heavy atom. The Morgan fingerprint density at radius 2 is 1.81 bits per heavy atom. The molecule has 0 heterocycles. The molecule has 0 bridgehead atoms. The average Bonchev–Trinajstić information content (AvgIpc) is 3.45. The lowest BCUT2D eigenvalue weighted by Crippen LogP contribution is -2.41. The molecule has 2 rings (SSSR count). The van der Waals surface area contributed by atoms with Gasteiger partial charge in [-0.25, -0.2) is 0 Å². The van der Waals surface area contributed by atoms with Gasteiger partial charge in [-0.3, -0.25) is 14.6 Å². The van der Waals surface area contributed by atoms with Gasteiger partial charge in [0.25, 0.3) is 0 Å². The van der Waals surface area contributed by atoms with Gasteiger partial charge in [0.05, 0.1) is 6.54 Å². The molecule has 2 amide bonds. The highest BCUT2D eigenvalue weighted by Gasteiger charge is 2.28. The van der Waals surface area contributed by atoms with Crippen LogP contribution in [0.1, 0.15) is 26.2 Å². The molecule has 1 aliphatic rings. The molecule has 26 heavy (non-hydrogen) atoms. The molecule has 7 nitrogen and oxygen atoms in total. The van der Waals surface area contributed by atoms with Crippen LogP contribution >= 0.6 is 15.9 Å². The maximum atomic E-state index is 12.0. The molecule has 1 saturated carbocycles. The van der Waals surface area contributed by atoms with Gasteiger partial charge in [0.2, 0.25) is 11.8 Å². The second-order valence-corrected chi connectivity index (χ2v) is 6.97. The zero-order valence-electron chi connectivity index (χ0n) is 15.0. The Kier molecular flexibility index (Phi) is 8.40. The molecule has 142 valence electrons. The molecule has 1 aromatic rings. The van der Waals surface area contributed by atoms with E-state index in [2.05, 4.69) is 42.2 Å². The SMILES string of the molecule is CCNC(=NCCC(=O)Nc1ccc(Br)cc1)NCCNC(=O)C1CC1. The highest BCUT2D eigenvalue weighted by molar-refractivity contribution is 9.10. The third-order valence-corrected chi connectivity index (χ3v) is 4.27. The summed E-state index contributed by atoms with van der Waals surface area (Å²) in [5.41, 5.74) is 0.763. The van der Waals surface area contributed by atoms with Gasteiger partial charge < -0.3 is 21.3 Å². The van der Waals surface area contributed by atoms with Gasteiger partial charge in [0.15, 0.2) is 5.96 Å². The summed E-state index contributed by atoms with van der Waals surface area (Å²) in [6, 6.07) is 7.44. The number of guanidine groups is 1. The quantitative estimate of drug-likeness (QED) is 0.277. The van der Waals surface area contributed by atoms with E-state index < -0.39 is 0 Å². The molecule has 0 unspecified atom stereocenters. The van der Waals surface area contributed by atoms with E-state index in [1.54, 1.807) is 0 Å². The number of nitrogens with one attached hydrogen (secondary N) is 4. The Balaban J connectivity index is 1.66. The molecule has 0 spiro atoms. The molecule has 4 N–H and O–H groups in total. The Labute approximate surface area is 162 Å². The summed E-state index contributed by atoms with van der Waals surface area (Å²) in [6.07, 6.45) is 2.31. The summed E-state index contributed by atoms with van der Waals surface area (Å²) in [6.45, 7) is 4.24. The molecular formula is C18H26BrN5O2. The summed E-state index contributed by atoms with van der Waals surface area (Å²) >= 11 is 3.36. The minimum absolute atomic E-state index is 0.0800. The zero-order valence-corrected chi connectivity index (χ0v) is 16.6. The summed E-state index contributed by atoms with van der Waals surface area (Å²) in [5, 5.41) is 12.0. The fourth-order valence-corrected chi connectivity index (χ4v) is 2.49. The molecule has 0 radical (unpaired) electrons. The number of hydrogen-bond donors (Lipinski definition) is 4. The fraction of sp³-hybridized carbons (Fsp3) is 0.500. The van der Waals surface area contributed by atoms with E-state index in [1.165, 1.54) is 0 Å². The Bertz CT molecular complexity index is 629. The van der Waals surface area contributed by atoms with Gasteiger partial charge in [0, 0.05) is 42.1 Å². The van der Waals surface area contributed by atoms with Crippen molar-refractivity contribution in [3.63, 3.8) is 0 Å². The molecule has 1 aliphatic carbocycles. The average molecular weight is 424 g/mol. The van der Waals surface area contributed by atoms with Gasteiger partial charge in [-0.2, -0.15) is 0 Å². The van der Waals surface area contributed by atoms with Gasteiger partial charge in [-0.05, 0) is 44.0 Å². The van der Waals surface area contributed by atoms with Crippen LogP contribution in [0.15, 0.2) is 33.7 Å². The fourth-order valence-electron chi connectivity index (χ4n) is 2.22. The number of benzene rings is 1. The minimum atomic E-state index is -0.0800. The third kappa shape index (κ3) is 7.86. The van der Waals surface area contributed by atoms with E-state index in [9.17, 15) is 9.59 Å². The van der Waals surface area contributed by atoms with E-state index in [1.807, 2.05) is 31.2 Å². The van der Waals surface area contributed by atoms with E-state index in [4.69, 9.17) is 0 Å². The van der Waals surface area contributed by atoms with Gasteiger partial charge in [-0.15, -0.1) is 0 Å². The Morgan fingerprint density at radius 1 is 1.12 bits per heavy atom. The number of rotatable bonds is 9. The van der Waals surface area contributed by atoms with E-state index >= 15 is 0 Å². The van der Waals surface area contributed by atoms with E-state index in [0.29, 0.717) is 32.0 Å². The molecular weight excluding hydrogens is 398 g/mol. The number of carbonyl (C=O) groups is 2. The number of anilines is 1. The highest BCUT2D eigenvalue weighted by Crippen LogP contribution is 2.28. The van der Waals surface area contributed by atoms with Crippen LogP contribution in [0.4, 0.5) is 5.69 Å².